The largest absolute Gasteiger partial charge is 0.493 e. The van der Waals surface area contributed by atoms with Gasteiger partial charge in [-0.3, -0.25) is 0 Å². The van der Waals surface area contributed by atoms with Crippen LogP contribution in [0, 0.1) is 0 Å². The van der Waals surface area contributed by atoms with E-state index < -0.39 is 12.0 Å². The molecule has 2 rings (SSSR count). The van der Waals surface area contributed by atoms with Gasteiger partial charge in [0.05, 0.1) is 14.2 Å². The Morgan fingerprint density at radius 2 is 1.90 bits per heavy atom. The molecule has 0 spiro atoms. The molecule has 0 fully saturated rings. The van der Waals surface area contributed by atoms with E-state index in [1.807, 2.05) is 18.2 Å². The molecule has 21 heavy (non-hydrogen) atoms. The van der Waals surface area contributed by atoms with Crippen LogP contribution in [0.4, 0.5) is 5.82 Å². The molecule has 0 radical (unpaired) electrons. The number of aliphatic carboxylic acids is 1. The van der Waals surface area contributed by atoms with Crippen LogP contribution in [0.1, 0.15) is 6.92 Å². The Morgan fingerprint density at radius 3 is 2.48 bits per heavy atom. The van der Waals surface area contributed by atoms with Crippen molar-refractivity contribution in [3.05, 3.63) is 24.4 Å². The van der Waals surface area contributed by atoms with Crippen molar-refractivity contribution < 1.29 is 19.4 Å². The van der Waals surface area contributed by atoms with Crippen LogP contribution < -0.4 is 14.4 Å². The molecule has 0 bridgehead atoms. The number of pyridine rings is 1. The minimum Gasteiger partial charge on any atom is -0.493 e. The summed E-state index contributed by atoms with van der Waals surface area (Å²) in [6.07, 6.45) is 1.65. The predicted molar refractivity (Wildman–Crippen MR) is 80.3 cm³/mol. The Labute approximate surface area is 122 Å². The van der Waals surface area contributed by atoms with E-state index in [0.717, 1.165) is 10.8 Å². The number of carboxylic acid groups (broad SMARTS) is 1. The first-order valence-electron chi connectivity index (χ1n) is 6.46. The molecule has 1 aromatic carbocycles. The lowest BCUT2D eigenvalue weighted by Crippen LogP contribution is -2.36. The zero-order valence-electron chi connectivity index (χ0n) is 12.5. The maximum atomic E-state index is 11.2. The Morgan fingerprint density at radius 1 is 1.29 bits per heavy atom. The van der Waals surface area contributed by atoms with Gasteiger partial charge in [-0.15, -0.1) is 0 Å². The Balaban J connectivity index is 2.62. The molecule has 0 aliphatic heterocycles. The van der Waals surface area contributed by atoms with E-state index in [2.05, 4.69) is 4.98 Å². The lowest BCUT2D eigenvalue weighted by atomic mass is 10.1. The van der Waals surface area contributed by atoms with Crippen molar-refractivity contribution in [3.8, 4) is 11.5 Å². The van der Waals surface area contributed by atoms with Gasteiger partial charge in [-0.05, 0) is 30.5 Å². The molecule has 1 atom stereocenters. The summed E-state index contributed by atoms with van der Waals surface area (Å²) in [7, 11) is 4.84. The third-order valence-corrected chi connectivity index (χ3v) is 3.52. The van der Waals surface area contributed by atoms with Gasteiger partial charge in [0.1, 0.15) is 11.9 Å². The van der Waals surface area contributed by atoms with E-state index in [1.54, 1.807) is 39.3 Å². The number of fused-ring (bicyclic) bond motifs is 1. The number of hydrogen-bond acceptors (Lipinski definition) is 5. The van der Waals surface area contributed by atoms with Crippen LogP contribution in [0.3, 0.4) is 0 Å². The number of benzene rings is 1. The fraction of sp³-hybridized carbons (Fsp3) is 0.333. The molecular formula is C15H18N2O4. The van der Waals surface area contributed by atoms with E-state index >= 15 is 0 Å². The van der Waals surface area contributed by atoms with Gasteiger partial charge in [0, 0.05) is 18.6 Å². The lowest BCUT2D eigenvalue weighted by molar-refractivity contribution is -0.138. The van der Waals surface area contributed by atoms with Crippen molar-refractivity contribution in [2.45, 2.75) is 13.0 Å². The SMILES string of the molecule is COc1cc2ccnc(N(C)C(C)C(=O)O)c2cc1OC. The van der Waals surface area contributed by atoms with Crippen LogP contribution in [-0.4, -0.2) is 43.4 Å². The normalized spacial score (nSPS) is 12.0. The highest BCUT2D eigenvalue weighted by molar-refractivity contribution is 5.95. The standard InChI is InChI=1S/C15H18N2O4/c1-9(15(18)19)17(2)14-11-8-13(21-4)12(20-3)7-10(11)5-6-16-14/h5-9H,1-4H3,(H,18,19). The number of hydrogen-bond donors (Lipinski definition) is 1. The molecule has 1 unspecified atom stereocenters. The number of ether oxygens (including phenoxy) is 2. The summed E-state index contributed by atoms with van der Waals surface area (Å²) in [4.78, 5) is 17.1. The maximum absolute atomic E-state index is 11.2. The maximum Gasteiger partial charge on any atom is 0.326 e. The second-order valence-electron chi connectivity index (χ2n) is 4.69. The molecule has 1 N–H and O–H groups in total. The Kier molecular flexibility index (Phi) is 4.16. The fourth-order valence-electron chi connectivity index (χ4n) is 2.11. The quantitative estimate of drug-likeness (QED) is 0.910. The molecule has 112 valence electrons. The molecule has 6 heteroatoms. The topological polar surface area (TPSA) is 71.9 Å². The number of methoxy groups -OCH3 is 2. The Bertz CT molecular complexity index is 672. The van der Waals surface area contributed by atoms with E-state index in [-0.39, 0.29) is 0 Å². The third-order valence-electron chi connectivity index (χ3n) is 3.52. The molecule has 0 aliphatic rings. The number of carboxylic acids is 1. The fourth-order valence-corrected chi connectivity index (χ4v) is 2.11. The molecule has 1 heterocycles. The van der Waals surface area contributed by atoms with Gasteiger partial charge < -0.3 is 19.5 Å². The molecule has 2 aromatic rings. The monoisotopic (exact) mass is 290 g/mol. The summed E-state index contributed by atoms with van der Waals surface area (Å²) in [6, 6.07) is 4.82. The van der Waals surface area contributed by atoms with Crippen LogP contribution >= 0.6 is 0 Å². The summed E-state index contributed by atoms with van der Waals surface area (Å²) < 4.78 is 10.6. The Hall–Kier alpha value is -2.50. The van der Waals surface area contributed by atoms with E-state index in [0.29, 0.717) is 17.3 Å². The molecule has 1 aromatic heterocycles. The van der Waals surface area contributed by atoms with Crippen LogP contribution in [0.2, 0.25) is 0 Å². The van der Waals surface area contributed by atoms with Crippen LogP contribution in [0.5, 0.6) is 11.5 Å². The molecule has 6 nitrogen and oxygen atoms in total. The highest BCUT2D eigenvalue weighted by Crippen LogP contribution is 2.35. The van der Waals surface area contributed by atoms with Crippen LogP contribution in [0.15, 0.2) is 24.4 Å². The van der Waals surface area contributed by atoms with Gasteiger partial charge in [0.25, 0.3) is 0 Å². The first-order valence-corrected chi connectivity index (χ1v) is 6.46. The molecule has 0 amide bonds. The van der Waals surface area contributed by atoms with Gasteiger partial charge in [-0.25, -0.2) is 9.78 Å². The number of anilines is 1. The molecule has 0 aliphatic carbocycles. The summed E-state index contributed by atoms with van der Waals surface area (Å²) in [5, 5.41) is 10.9. The summed E-state index contributed by atoms with van der Waals surface area (Å²) in [5.41, 5.74) is 0. The third kappa shape index (κ3) is 2.69. The number of rotatable bonds is 5. The van der Waals surface area contributed by atoms with Gasteiger partial charge in [-0.2, -0.15) is 0 Å². The number of carbonyl (C=O) groups is 1. The molecule has 0 saturated heterocycles. The molecular weight excluding hydrogens is 272 g/mol. The second kappa shape index (κ2) is 5.87. The molecule has 0 saturated carbocycles. The zero-order chi connectivity index (χ0) is 15.6. The van der Waals surface area contributed by atoms with E-state index in [4.69, 9.17) is 14.6 Å². The smallest absolute Gasteiger partial charge is 0.326 e. The van der Waals surface area contributed by atoms with E-state index in [9.17, 15) is 4.79 Å². The average Bonchev–Trinajstić information content (AvgIpc) is 2.51. The van der Waals surface area contributed by atoms with Crippen molar-refractivity contribution >= 4 is 22.6 Å². The van der Waals surface area contributed by atoms with Crippen molar-refractivity contribution in [1.82, 2.24) is 4.98 Å². The number of likely N-dealkylation sites (N-methyl/N-ethyl adjacent to an activating group) is 1. The second-order valence-corrected chi connectivity index (χ2v) is 4.69. The summed E-state index contributed by atoms with van der Waals surface area (Å²) >= 11 is 0. The van der Waals surface area contributed by atoms with Gasteiger partial charge in [0.15, 0.2) is 11.5 Å². The van der Waals surface area contributed by atoms with Crippen molar-refractivity contribution in [2.24, 2.45) is 0 Å². The minimum absolute atomic E-state index is 0.579. The van der Waals surface area contributed by atoms with Gasteiger partial charge in [-0.1, -0.05) is 0 Å². The number of nitrogens with zero attached hydrogens (tertiary/aromatic N) is 2. The minimum atomic E-state index is -0.906. The van der Waals surface area contributed by atoms with E-state index in [1.165, 1.54) is 0 Å². The highest BCUT2D eigenvalue weighted by atomic mass is 16.5. The van der Waals surface area contributed by atoms with Crippen LogP contribution in [0.25, 0.3) is 10.8 Å². The van der Waals surface area contributed by atoms with Gasteiger partial charge >= 0.3 is 5.97 Å². The number of aromatic nitrogens is 1. The first-order chi connectivity index (χ1) is 9.99. The van der Waals surface area contributed by atoms with Crippen molar-refractivity contribution in [1.29, 1.82) is 0 Å². The first kappa shape index (κ1) is 14.9. The van der Waals surface area contributed by atoms with Crippen molar-refractivity contribution in [3.63, 3.8) is 0 Å². The highest BCUT2D eigenvalue weighted by Gasteiger charge is 2.20. The average molecular weight is 290 g/mol. The van der Waals surface area contributed by atoms with Gasteiger partial charge in [0.2, 0.25) is 0 Å². The predicted octanol–water partition coefficient (Wildman–Crippen LogP) is 2.16. The zero-order valence-corrected chi connectivity index (χ0v) is 12.5. The summed E-state index contributed by atoms with van der Waals surface area (Å²) in [6.45, 7) is 1.61. The van der Waals surface area contributed by atoms with Crippen molar-refractivity contribution in [2.75, 3.05) is 26.2 Å². The van der Waals surface area contributed by atoms with Crippen LogP contribution in [-0.2, 0) is 4.79 Å². The summed E-state index contributed by atoms with van der Waals surface area (Å²) in [5.74, 6) is 0.881. The lowest BCUT2D eigenvalue weighted by Gasteiger charge is -2.24.